The zero-order chi connectivity index (χ0) is 19.0. The molecule has 1 aromatic rings. The lowest BCUT2D eigenvalue weighted by Gasteiger charge is -2.48. The van der Waals surface area contributed by atoms with Gasteiger partial charge in [0.1, 0.15) is 11.5 Å². The van der Waals surface area contributed by atoms with Crippen molar-refractivity contribution in [2.45, 2.75) is 43.9 Å². The number of carboxylic acids is 1. The third kappa shape index (κ3) is 3.15. The summed E-state index contributed by atoms with van der Waals surface area (Å²) in [5.74, 6) is 1.75. The van der Waals surface area contributed by atoms with Crippen molar-refractivity contribution in [2.24, 2.45) is 17.8 Å². The standard InChI is InChI=1S/C23H28O4/c1-26-15-9-7-14(8-10-15)21-18-6-4-3-5-17(18)20-13-16(27-2)11-12-19(20)22(21)23(24)25/h7,9-14,17-18,21-22H,3-6,8H2,1-2H3,(H,24,25)/t14?,17-,18+,21+,22+/m1/s1. The molecule has 1 fully saturated rings. The van der Waals surface area contributed by atoms with Crippen LogP contribution in [-0.4, -0.2) is 25.3 Å². The van der Waals surface area contributed by atoms with Crippen LogP contribution in [0.4, 0.5) is 0 Å². The first kappa shape index (κ1) is 18.1. The van der Waals surface area contributed by atoms with E-state index in [0.717, 1.165) is 36.3 Å². The second kappa shape index (κ2) is 7.41. The van der Waals surface area contributed by atoms with Crippen molar-refractivity contribution in [2.75, 3.05) is 14.2 Å². The van der Waals surface area contributed by atoms with Gasteiger partial charge in [-0.3, -0.25) is 4.79 Å². The minimum absolute atomic E-state index is 0.125. The summed E-state index contributed by atoms with van der Waals surface area (Å²) < 4.78 is 10.8. The van der Waals surface area contributed by atoms with Crippen molar-refractivity contribution in [1.29, 1.82) is 0 Å². The Morgan fingerprint density at radius 2 is 1.93 bits per heavy atom. The average molecular weight is 368 g/mol. The SMILES string of the molecule is COC1=CCC([C@H]2[C@H]3CCCC[C@H]3c3cc(OC)ccc3[C@@H]2C(=O)O)C=C1. The summed E-state index contributed by atoms with van der Waals surface area (Å²) in [5, 5.41) is 10.2. The van der Waals surface area contributed by atoms with Crippen molar-refractivity contribution in [1.82, 2.24) is 0 Å². The van der Waals surface area contributed by atoms with Gasteiger partial charge < -0.3 is 14.6 Å². The summed E-state index contributed by atoms with van der Waals surface area (Å²) in [6.07, 6.45) is 11.8. The Morgan fingerprint density at radius 1 is 1.11 bits per heavy atom. The predicted molar refractivity (Wildman–Crippen MR) is 104 cm³/mol. The number of hydrogen-bond acceptors (Lipinski definition) is 3. The first-order valence-electron chi connectivity index (χ1n) is 9.97. The molecule has 4 heteroatoms. The first-order valence-corrected chi connectivity index (χ1v) is 9.97. The summed E-state index contributed by atoms with van der Waals surface area (Å²) in [7, 11) is 3.35. The average Bonchev–Trinajstić information content (AvgIpc) is 2.72. The lowest BCUT2D eigenvalue weighted by Crippen LogP contribution is -2.42. The largest absolute Gasteiger partial charge is 0.497 e. The van der Waals surface area contributed by atoms with Crippen LogP contribution in [0, 0.1) is 17.8 Å². The minimum Gasteiger partial charge on any atom is -0.497 e. The summed E-state index contributed by atoms with van der Waals surface area (Å²) in [4.78, 5) is 12.4. The molecule has 0 amide bonds. The van der Waals surface area contributed by atoms with E-state index in [2.05, 4.69) is 18.2 Å². The highest BCUT2D eigenvalue weighted by Crippen LogP contribution is 2.56. The normalized spacial score (nSPS) is 32.1. The molecule has 1 N–H and O–H groups in total. The van der Waals surface area contributed by atoms with Gasteiger partial charge in [-0.25, -0.2) is 0 Å². The molecule has 0 aromatic heterocycles. The van der Waals surface area contributed by atoms with E-state index in [1.54, 1.807) is 14.2 Å². The summed E-state index contributed by atoms with van der Waals surface area (Å²) in [5.41, 5.74) is 2.20. The van der Waals surface area contributed by atoms with E-state index >= 15 is 0 Å². The second-order valence-electron chi connectivity index (χ2n) is 8.01. The van der Waals surface area contributed by atoms with Crippen molar-refractivity contribution in [3.05, 3.63) is 53.3 Å². The van der Waals surface area contributed by atoms with Crippen LogP contribution in [0.1, 0.15) is 55.1 Å². The highest BCUT2D eigenvalue weighted by atomic mass is 16.5. The van der Waals surface area contributed by atoms with Gasteiger partial charge in [0.15, 0.2) is 0 Å². The van der Waals surface area contributed by atoms with E-state index in [1.165, 1.54) is 18.4 Å². The van der Waals surface area contributed by atoms with Crippen molar-refractivity contribution >= 4 is 5.97 Å². The Labute approximate surface area is 160 Å². The van der Waals surface area contributed by atoms with Crippen LogP contribution < -0.4 is 4.74 Å². The minimum atomic E-state index is -0.703. The lowest BCUT2D eigenvalue weighted by atomic mass is 9.55. The summed E-state index contributed by atoms with van der Waals surface area (Å²) in [6, 6.07) is 5.99. The summed E-state index contributed by atoms with van der Waals surface area (Å²) in [6.45, 7) is 0. The van der Waals surface area contributed by atoms with E-state index in [4.69, 9.17) is 9.47 Å². The number of aliphatic carboxylic acids is 1. The Kier molecular flexibility index (Phi) is 4.98. The van der Waals surface area contributed by atoms with Gasteiger partial charge in [-0.05, 0) is 78.3 Å². The molecular weight excluding hydrogens is 340 g/mol. The Hall–Kier alpha value is -2.23. The molecule has 1 saturated carbocycles. The fourth-order valence-electron chi connectivity index (χ4n) is 5.66. The number of allylic oxidation sites excluding steroid dienone is 3. The fourth-order valence-corrected chi connectivity index (χ4v) is 5.66. The van der Waals surface area contributed by atoms with Gasteiger partial charge in [0.25, 0.3) is 0 Å². The number of methoxy groups -OCH3 is 2. The molecule has 0 heterocycles. The number of ether oxygens (including phenoxy) is 2. The van der Waals surface area contributed by atoms with E-state index in [9.17, 15) is 9.90 Å². The molecule has 0 radical (unpaired) electrons. The van der Waals surface area contributed by atoms with Gasteiger partial charge in [-0.1, -0.05) is 25.0 Å². The molecule has 0 spiro atoms. The Morgan fingerprint density at radius 3 is 2.59 bits per heavy atom. The molecule has 27 heavy (non-hydrogen) atoms. The molecule has 0 aliphatic heterocycles. The van der Waals surface area contributed by atoms with E-state index in [0.29, 0.717) is 11.8 Å². The van der Waals surface area contributed by atoms with E-state index in [-0.39, 0.29) is 11.8 Å². The van der Waals surface area contributed by atoms with Crippen molar-refractivity contribution in [3.8, 4) is 5.75 Å². The van der Waals surface area contributed by atoms with Crippen LogP contribution in [0.5, 0.6) is 5.75 Å². The molecule has 4 rings (SSSR count). The van der Waals surface area contributed by atoms with Gasteiger partial charge in [-0.15, -0.1) is 0 Å². The number of carbonyl (C=O) groups is 1. The third-order valence-corrected chi connectivity index (χ3v) is 6.82. The number of carboxylic acid groups (broad SMARTS) is 1. The molecule has 0 saturated heterocycles. The molecule has 3 aliphatic rings. The highest BCUT2D eigenvalue weighted by Gasteiger charge is 2.48. The van der Waals surface area contributed by atoms with Gasteiger partial charge in [0.05, 0.1) is 20.1 Å². The van der Waals surface area contributed by atoms with Gasteiger partial charge >= 0.3 is 5.97 Å². The maximum absolute atomic E-state index is 12.4. The Bertz CT molecular complexity index is 779. The topological polar surface area (TPSA) is 55.8 Å². The third-order valence-electron chi connectivity index (χ3n) is 6.82. The molecule has 3 aliphatic carbocycles. The quantitative estimate of drug-likeness (QED) is 0.823. The number of fused-ring (bicyclic) bond motifs is 3. The van der Waals surface area contributed by atoms with Crippen LogP contribution in [0.2, 0.25) is 0 Å². The van der Waals surface area contributed by atoms with E-state index < -0.39 is 11.9 Å². The highest BCUT2D eigenvalue weighted by molar-refractivity contribution is 5.78. The van der Waals surface area contributed by atoms with Crippen LogP contribution in [-0.2, 0) is 9.53 Å². The molecule has 5 atom stereocenters. The molecule has 1 unspecified atom stereocenters. The lowest BCUT2D eigenvalue weighted by molar-refractivity contribution is -0.142. The van der Waals surface area contributed by atoms with Gasteiger partial charge in [0, 0.05) is 0 Å². The molecule has 4 nitrogen and oxygen atoms in total. The van der Waals surface area contributed by atoms with E-state index in [1.807, 2.05) is 18.2 Å². The van der Waals surface area contributed by atoms with Crippen LogP contribution in [0.15, 0.2) is 42.2 Å². The molecule has 1 aromatic carbocycles. The van der Waals surface area contributed by atoms with Gasteiger partial charge in [0.2, 0.25) is 0 Å². The number of hydrogen-bond donors (Lipinski definition) is 1. The second-order valence-corrected chi connectivity index (χ2v) is 8.01. The van der Waals surface area contributed by atoms with Crippen LogP contribution in [0.25, 0.3) is 0 Å². The molecule has 144 valence electrons. The Balaban J connectivity index is 1.79. The van der Waals surface area contributed by atoms with Crippen LogP contribution in [0.3, 0.4) is 0 Å². The monoisotopic (exact) mass is 368 g/mol. The number of benzene rings is 1. The predicted octanol–water partition coefficient (Wildman–Crippen LogP) is 4.87. The fraction of sp³-hybridized carbons (Fsp3) is 0.522. The van der Waals surface area contributed by atoms with Crippen LogP contribution >= 0.6 is 0 Å². The zero-order valence-electron chi connectivity index (χ0n) is 16.1. The molecular formula is C23H28O4. The molecule has 0 bridgehead atoms. The smallest absolute Gasteiger partial charge is 0.311 e. The first-order chi connectivity index (χ1) is 13.1. The maximum Gasteiger partial charge on any atom is 0.311 e. The zero-order valence-corrected chi connectivity index (χ0v) is 16.1. The van der Waals surface area contributed by atoms with Crippen molar-refractivity contribution < 1.29 is 19.4 Å². The number of rotatable bonds is 4. The van der Waals surface area contributed by atoms with Gasteiger partial charge in [-0.2, -0.15) is 0 Å². The van der Waals surface area contributed by atoms with Crippen molar-refractivity contribution in [3.63, 3.8) is 0 Å². The summed E-state index contributed by atoms with van der Waals surface area (Å²) >= 11 is 0. The maximum atomic E-state index is 12.4.